The Bertz CT molecular complexity index is 303. The fraction of sp³-hybridized carbons (Fsp3) is 0.429. The van der Waals surface area contributed by atoms with Crippen molar-refractivity contribution in [1.29, 1.82) is 0 Å². The average molecular weight is 152 g/mol. The van der Waals surface area contributed by atoms with Crippen molar-refractivity contribution in [1.82, 2.24) is 9.78 Å². The lowest BCUT2D eigenvalue weighted by Crippen LogP contribution is -2.16. The molecule has 0 saturated carbocycles. The summed E-state index contributed by atoms with van der Waals surface area (Å²) in [7, 11) is 1.80. The van der Waals surface area contributed by atoms with Crippen LogP contribution in [0.2, 0.25) is 0 Å². The van der Waals surface area contributed by atoms with Crippen LogP contribution in [-0.4, -0.2) is 22.4 Å². The summed E-state index contributed by atoms with van der Waals surface area (Å²) in [5.41, 5.74) is 1.46. The number of fused-ring (bicyclic) bond motifs is 1. The SMILES string of the molecule is Cn1cc2c(n1)CCOC2=O. The number of carbonyl (C=O) groups excluding carboxylic acids is 1. The van der Waals surface area contributed by atoms with E-state index in [2.05, 4.69) is 5.10 Å². The van der Waals surface area contributed by atoms with E-state index in [9.17, 15) is 4.79 Å². The molecule has 4 heteroatoms. The summed E-state index contributed by atoms with van der Waals surface area (Å²) < 4.78 is 6.46. The Morgan fingerprint density at radius 2 is 2.55 bits per heavy atom. The van der Waals surface area contributed by atoms with Crippen molar-refractivity contribution in [2.75, 3.05) is 6.61 Å². The van der Waals surface area contributed by atoms with Crippen molar-refractivity contribution in [2.24, 2.45) is 7.05 Å². The molecule has 2 heterocycles. The van der Waals surface area contributed by atoms with Crippen molar-refractivity contribution in [3.05, 3.63) is 17.5 Å². The van der Waals surface area contributed by atoms with E-state index in [1.54, 1.807) is 17.9 Å². The Morgan fingerprint density at radius 1 is 1.73 bits per heavy atom. The number of aromatic nitrogens is 2. The van der Waals surface area contributed by atoms with Gasteiger partial charge in [-0.2, -0.15) is 5.10 Å². The molecule has 1 aliphatic rings. The van der Waals surface area contributed by atoms with Gasteiger partial charge in [-0.3, -0.25) is 4.68 Å². The van der Waals surface area contributed by atoms with Gasteiger partial charge in [-0.1, -0.05) is 0 Å². The summed E-state index contributed by atoms with van der Waals surface area (Å²) in [5.74, 6) is -0.251. The third kappa shape index (κ3) is 0.906. The largest absolute Gasteiger partial charge is 0.462 e. The van der Waals surface area contributed by atoms with Gasteiger partial charge >= 0.3 is 5.97 Å². The molecule has 4 nitrogen and oxygen atoms in total. The van der Waals surface area contributed by atoms with Crippen LogP contribution >= 0.6 is 0 Å². The monoisotopic (exact) mass is 152 g/mol. The topological polar surface area (TPSA) is 44.1 Å². The van der Waals surface area contributed by atoms with E-state index in [0.717, 1.165) is 12.1 Å². The first-order chi connectivity index (χ1) is 5.27. The maximum atomic E-state index is 11.0. The molecule has 0 bridgehead atoms. The van der Waals surface area contributed by atoms with Gasteiger partial charge in [0.15, 0.2) is 0 Å². The molecule has 11 heavy (non-hydrogen) atoms. The van der Waals surface area contributed by atoms with E-state index in [-0.39, 0.29) is 5.97 Å². The predicted octanol–water partition coefficient (Wildman–Crippen LogP) is 0.133. The van der Waals surface area contributed by atoms with Gasteiger partial charge in [0.2, 0.25) is 0 Å². The molecule has 0 fully saturated rings. The molecule has 0 amide bonds. The maximum Gasteiger partial charge on any atom is 0.341 e. The van der Waals surface area contributed by atoms with E-state index < -0.39 is 0 Å². The molecule has 1 aromatic rings. The number of cyclic esters (lactones) is 1. The fourth-order valence-electron chi connectivity index (χ4n) is 1.21. The van der Waals surface area contributed by atoms with Crippen molar-refractivity contribution >= 4 is 5.97 Å². The minimum absolute atomic E-state index is 0.251. The minimum atomic E-state index is -0.251. The second-order valence-electron chi connectivity index (χ2n) is 2.55. The molecule has 0 spiro atoms. The van der Waals surface area contributed by atoms with E-state index in [1.807, 2.05) is 0 Å². The van der Waals surface area contributed by atoms with E-state index in [0.29, 0.717) is 12.2 Å². The van der Waals surface area contributed by atoms with E-state index in [4.69, 9.17) is 4.74 Å². The zero-order valence-corrected chi connectivity index (χ0v) is 6.20. The Balaban J connectivity index is 2.52. The molecule has 1 aromatic heterocycles. The molecule has 58 valence electrons. The minimum Gasteiger partial charge on any atom is -0.462 e. The van der Waals surface area contributed by atoms with Crippen LogP contribution in [0.3, 0.4) is 0 Å². The lowest BCUT2D eigenvalue weighted by atomic mass is 10.2. The van der Waals surface area contributed by atoms with Gasteiger partial charge in [0, 0.05) is 19.7 Å². The lowest BCUT2D eigenvalue weighted by Gasteiger charge is -2.08. The van der Waals surface area contributed by atoms with Gasteiger partial charge < -0.3 is 4.74 Å². The number of esters is 1. The first-order valence-electron chi connectivity index (χ1n) is 3.47. The van der Waals surface area contributed by atoms with Crippen LogP contribution in [0.1, 0.15) is 16.1 Å². The van der Waals surface area contributed by atoms with Crippen LogP contribution in [0.5, 0.6) is 0 Å². The average Bonchev–Trinajstić information content (AvgIpc) is 2.31. The van der Waals surface area contributed by atoms with Gasteiger partial charge in [0.1, 0.15) is 5.56 Å². The van der Waals surface area contributed by atoms with Crippen LogP contribution < -0.4 is 0 Å². The number of hydrogen-bond acceptors (Lipinski definition) is 3. The fourth-order valence-corrected chi connectivity index (χ4v) is 1.21. The van der Waals surface area contributed by atoms with Gasteiger partial charge in [-0.15, -0.1) is 0 Å². The highest BCUT2D eigenvalue weighted by Crippen LogP contribution is 2.13. The zero-order valence-electron chi connectivity index (χ0n) is 6.20. The summed E-state index contributed by atoms with van der Waals surface area (Å²) in [6, 6.07) is 0. The van der Waals surface area contributed by atoms with Gasteiger partial charge in [0.25, 0.3) is 0 Å². The van der Waals surface area contributed by atoms with Crippen molar-refractivity contribution in [2.45, 2.75) is 6.42 Å². The lowest BCUT2D eigenvalue weighted by molar-refractivity contribution is 0.0479. The van der Waals surface area contributed by atoms with Crippen LogP contribution in [0.15, 0.2) is 6.20 Å². The molecular formula is C7H8N2O2. The summed E-state index contributed by atoms with van der Waals surface area (Å²) in [6.45, 7) is 0.461. The molecule has 0 aromatic carbocycles. The molecule has 0 aliphatic carbocycles. The number of aryl methyl sites for hydroxylation is 1. The van der Waals surface area contributed by atoms with Crippen LogP contribution in [0.4, 0.5) is 0 Å². The van der Waals surface area contributed by atoms with Gasteiger partial charge in [-0.25, -0.2) is 4.79 Å². The van der Waals surface area contributed by atoms with E-state index in [1.165, 1.54) is 0 Å². The Morgan fingerprint density at radius 3 is 3.27 bits per heavy atom. The molecule has 0 radical (unpaired) electrons. The van der Waals surface area contributed by atoms with Crippen LogP contribution in [-0.2, 0) is 18.2 Å². The first-order valence-corrected chi connectivity index (χ1v) is 3.47. The smallest absolute Gasteiger partial charge is 0.341 e. The van der Waals surface area contributed by atoms with E-state index >= 15 is 0 Å². The Kier molecular flexibility index (Phi) is 1.21. The molecule has 0 N–H and O–H groups in total. The number of ether oxygens (including phenoxy) is 1. The molecule has 0 unspecified atom stereocenters. The summed E-state index contributed by atoms with van der Waals surface area (Å²) in [4.78, 5) is 11.0. The highest BCUT2D eigenvalue weighted by molar-refractivity contribution is 5.91. The van der Waals surface area contributed by atoms with Crippen LogP contribution in [0.25, 0.3) is 0 Å². The summed E-state index contributed by atoms with van der Waals surface area (Å²) in [6.07, 6.45) is 2.43. The van der Waals surface area contributed by atoms with Gasteiger partial charge in [-0.05, 0) is 0 Å². The van der Waals surface area contributed by atoms with Crippen LogP contribution in [0, 0.1) is 0 Å². The standard InChI is InChI=1S/C7H8N2O2/c1-9-4-5-6(8-9)2-3-11-7(5)10/h4H,2-3H2,1H3. The molecule has 0 atom stereocenters. The molecule has 1 aliphatic heterocycles. The molecular weight excluding hydrogens is 144 g/mol. The highest BCUT2D eigenvalue weighted by Gasteiger charge is 2.21. The third-order valence-electron chi connectivity index (χ3n) is 1.70. The molecule has 2 rings (SSSR count). The highest BCUT2D eigenvalue weighted by atomic mass is 16.5. The number of rotatable bonds is 0. The predicted molar refractivity (Wildman–Crippen MR) is 37.2 cm³/mol. The Labute approximate surface area is 63.8 Å². The Hall–Kier alpha value is -1.32. The van der Waals surface area contributed by atoms with Crippen molar-refractivity contribution < 1.29 is 9.53 Å². The van der Waals surface area contributed by atoms with Crippen molar-refractivity contribution in [3.63, 3.8) is 0 Å². The summed E-state index contributed by atoms with van der Waals surface area (Å²) >= 11 is 0. The summed E-state index contributed by atoms with van der Waals surface area (Å²) in [5, 5.41) is 4.12. The van der Waals surface area contributed by atoms with Crippen molar-refractivity contribution in [3.8, 4) is 0 Å². The zero-order chi connectivity index (χ0) is 7.84. The second kappa shape index (κ2) is 2.08. The molecule has 0 saturated heterocycles. The van der Waals surface area contributed by atoms with Gasteiger partial charge in [0.05, 0.1) is 12.3 Å². The maximum absolute atomic E-state index is 11.0. The quantitative estimate of drug-likeness (QED) is 0.496. The normalized spacial score (nSPS) is 15.9. The third-order valence-corrected chi connectivity index (χ3v) is 1.70. The number of nitrogens with zero attached hydrogens (tertiary/aromatic N) is 2. The number of hydrogen-bond donors (Lipinski definition) is 0. The number of carbonyl (C=O) groups is 1. The second-order valence-corrected chi connectivity index (χ2v) is 2.55. The first kappa shape index (κ1) is 6.39.